The summed E-state index contributed by atoms with van der Waals surface area (Å²) in [5.41, 5.74) is 2.92. The first-order valence-corrected chi connectivity index (χ1v) is 6.59. The molecule has 3 N–H and O–H groups in total. The Morgan fingerprint density at radius 1 is 1.61 bits per heavy atom. The van der Waals surface area contributed by atoms with E-state index in [9.17, 15) is 0 Å². The fourth-order valence-corrected chi connectivity index (χ4v) is 2.66. The van der Waals surface area contributed by atoms with Gasteiger partial charge in [0.15, 0.2) is 0 Å². The van der Waals surface area contributed by atoms with Crippen LogP contribution in [0.4, 0.5) is 0 Å². The van der Waals surface area contributed by atoms with Crippen LogP contribution in [0.3, 0.4) is 0 Å². The third kappa shape index (κ3) is 2.71. The fourth-order valence-electron chi connectivity index (χ4n) is 2.66. The van der Waals surface area contributed by atoms with Crippen LogP contribution in [-0.4, -0.2) is 33.5 Å². The van der Waals surface area contributed by atoms with E-state index in [1.165, 1.54) is 0 Å². The monoisotopic (exact) mass is 253 g/mol. The number of aromatic nitrogens is 3. The zero-order valence-corrected chi connectivity index (χ0v) is 11.3. The van der Waals surface area contributed by atoms with Gasteiger partial charge in [-0.25, -0.2) is 9.67 Å². The maximum atomic E-state index is 5.69. The zero-order chi connectivity index (χ0) is 13.1. The van der Waals surface area contributed by atoms with Crippen LogP contribution in [0.5, 0.6) is 0 Å². The standard InChI is InChI=1S/C12H23N5O/c1-8(2)17-12(14-7-15-17)6-11(16-13)10-4-5-18-9(10)3/h7-11,16H,4-6,13H2,1-3H3. The lowest BCUT2D eigenvalue weighted by Crippen LogP contribution is -2.45. The van der Waals surface area contributed by atoms with Crippen molar-refractivity contribution in [3.05, 3.63) is 12.2 Å². The number of hydrogen-bond donors (Lipinski definition) is 2. The number of hydrogen-bond acceptors (Lipinski definition) is 5. The summed E-state index contributed by atoms with van der Waals surface area (Å²) in [4.78, 5) is 4.34. The van der Waals surface area contributed by atoms with E-state index in [1.807, 2.05) is 4.68 Å². The maximum absolute atomic E-state index is 5.69. The molecule has 0 saturated carbocycles. The zero-order valence-electron chi connectivity index (χ0n) is 11.3. The van der Waals surface area contributed by atoms with E-state index in [-0.39, 0.29) is 12.1 Å². The lowest BCUT2D eigenvalue weighted by molar-refractivity contribution is 0.0950. The molecule has 18 heavy (non-hydrogen) atoms. The molecule has 6 heteroatoms. The number of ether oxygens (including phenoxy) is 1. The molecule has 0 bridgehead atoms. The maximum Gasteiger partial charge on any atom is 0.138 e. The molecule has 0 amide bonds. The van der Waals surface area contributed by atoms with Crippen LogP contribution in [0, 0.1) is 5.92 Å². The van der Waals surface area contributed by atoms with Crippen LogP contribution in [0.1, 0.15) is 39.1 Å². The summed E-state index contributed by atoms with van der Waals surface area (Å²) in [6, 6.07) is 0.502. The minimum Gasteiger partial charge on any atom is -0.378 e. The van der Waals surface area contributed by atoms with Gasteiger partial charge >= 0.3 is 0 Å². The van der Waals surface area contributed by atoms with Crippen LogP contribution in [0.2, 0.25) is 0 Å². The highest BCUT2D eigenvalue weighted by Crippen LogP contribution is 2.25. The Labute approximate surface area is 108 Å². The summed E-state index contributed by atoms with van der Waals surface area (Å²) in [5.74, 6) is 7.11. The molecule has 3 unspecified atom stereocenters. The fraction of sp³-hybridized carbons (Fsp3) is 0.833. The smallest absolute Gasteiger partial charge is 0.138 e. The first kappa shape index (κ1) is 13.5. The Hall–Kier alpha value is -0.980. The highest BCUT2D eigenvalue weighted by Gasteiger charge is 2.32. The van der Waals surface area contributed by atoms with Crippen LogP contribution >= 0.6 is 0 Å². The molecule has 1 aromatic heterocycles. The van der Waals surface area contributed by atoms with E-state index in [1.54, 1.807) is 6.33 Å². The van der Waals surface area contributed by atoms with Crippen molar-refractivity contribution in [1.29, 1.82) is 0 Å². The van der Waals surface area contributed by atoms with Gasteiger partial charge in [-0.1, -0.05) is 0 Å². The summed E-state index contributed by atoms with van der Waals surface area (Å²) in [6.45, 7) is 7.13. The predicted molar refractivity (Wildman–Crippen MR) is 68.7 cm³/mol. The van der Waals surface area contributed by atoms with E-state index in [2.05, 4.69) is 36.3 Å². The number of nitrogens with zero attached hydrogens (tertiary/aromatic N) is 3. The second kappa shape index (κ2) is 5.77. The van der Waals surface area contributed by atoms with Gasteiger partial charge in [0.2, 0.25) is 0 Å². The first-order chi connectivity index (χ1) is 8.63. The van der Waals surface area contributed by atoms with E-state index in [0.29, 0.717) is 12.0 Å². The number of rotatable bonds is 5. The van der Waals surface area contributed by atoms with E-state index < -0.39 is 0 Å². The Balaban J connectivity index is 2.08. The number of nitrogens with one attached hydrogen (secondary N) is 1. The van der Waals surface area contributed by atoms with Gasteiger partial charge in [-0.05, 0) is 27.2 Å². The average molecular weight is 253 g/mol. The normalized spacial score (nSPS) is 25.8. The molecule has 3 atom stereocenters. The van der Waals surface area contributed by atoms with E-state index in [0.717, 1.165) is 25.3 Å². The van der Waals surface area contributed by atoms with Gasteiger partial charge in [0.25, 0.3) is 0 Å². The van der Waals surface area contributed by atoms with Crippen molar-refractivity contribution in [3.8, 4) is 0 Å². The summed E-state index contributed by atoms with van der Waals surface area (Å²) >= 11 is 0. The molecule has 0 aliphatic carbocycles. The molecule has 0 spiro atoms. The van der Waals surface area contributed by atoms with Crippen molar-refractivity contribution in [3.63, 3.8) is 0 Å². The Morgan fingerprint density at radius 3 is 2.94 bits per heavy atom. The Morgan fingerprint density at radius 2 is 2.39 bits per heavy atom. The highest BCUT2D eigenvalue weighted by atomic mass is 16.5. The van der Waals surface area contributed by atoms with Gasteiger partial charge in [-0.2, -0.15) is 5.10 Å². The van der Waals surface area contributed by atoms with E-state index >= 15 is 0 Å². The molecule has 1 aliphatic heterocycles. The van der Waals surface area contributed by atoms with Crippen molar-refractivity contribution >= 4 is 0 Å². The second-order valence-electron chi connectivity index (χ2n) is 5.22. The van der Waals surface area contributed by atoms with Gasteiger partial charge in [0, 0.05) is 31.0 Å². The molecule has 0 aromatic carbocycles. The minimum atomic E-state index is 0.184. The van der Waals surface area contributed by atoms with Crippen molar-refractivity contribution in [1.82, 2.24) is 20.2 Å². The summed E-state index contributed by atoms with van der Waals surface area (Å²) in [6.07, 6.45) is 3.69. The average Bonchev–Trinajstić information content (AvgIpc) is 2.94. The van der Waals surface area contributed by atoms with Crippen molar-refractivity contribution < 1.29 is 4.74 Å². The Kier molecular flexibility index (Phi) is 4.31. The first-order valence-electron chi connectivity index (χ1n) is 6.59. The van der Waals surface area contributed by atoms with Crippen molar-refractivity contribution in [2.24, 2.45) is 11.8 Å². The lowest BCUT2D eigenvalue weighted by atomic mass is 9.91. The predicted octanol–water partition coefficient (Wildman–Crippen LogP) is 0.658. The topological polar surface area (TPSA) is 78.0 Å². The largest absolute Gasteiger partial charge is 0.378 e. The Bertz CT molecular complexity index is 378. The minimum absolute atomic E-state index is 0.184. The van der Waals surface area contributed by atoms with Crippen LogP contribution in [-0.2, 0) is 11.2 Å². The third-order valence-electron chi connectivity index (χ3n) is 3.70. The molecule has 2 heterocycles. The highest BCUT2D eigenvalue weighted by molar-refractivity contribution is 4.95. The van der Waals surface area contributed by atoms with Crippen LogP contribution < -0.4 is 11.3 Å². The summed E-state index contributed by atoms with van der Waals surface area (Å²) in [5, 5.41) is 4.25. The number of hydrazine groups is 1. The van der Waals surface area contributed by atoms with Gasteiger partial charge < -0.3 is 4.74 Å². The van der Waals surface area contributed by atoms with Gasteiger partial charge in [0.05, 0.1) is 6.10 Å². The molecule has 0 radical (unpaired) electrons. The number of nitrogens with two attached hydrogens (primary N) is 1. The van der Waals surface area contributed by atoms with Crippen LogP contribution in [0.25, 0.3) is 0 Å². The molecule has 1 saturated heterocycles. The van der Waals surface area contributed by atoms with Crippen molar-refractivity contribution in [2.75, 3.05) is 6.61 Å². The molecule has 102 valence electrons. The van der Waals surface area contributed by atoms with E-state index in [4.69, 9.17) is 10.6 Å². The molecule has 2 rings (SSSR count). The van der Waals surface area contributed by atoms with Gasteiger partial charge in [0.1, 0.15) is 12.2 Å². The summed E-state index contributed by atoms with van der Waals surface area (Å²) in [7, 11) is 0. The molecule has 1 aromatic rings. The van der Waals surface area contributed by atoms with Crippen molar-refractivity contribution in [2.45, 2.75) is 51.8 Å². The molecular weight excluding hydrogens is 230 g/mol. The molecule has 1 fully saturated rings. The molecular formula is C12H23N5O. The van der Waals surface area contributed by atoms with Gasteiger partial charge in [-0.3, -0.25) is 11.3 Å². The van der Waals surface area contributed by atoms with Crippen LogP contribution in [0.15, 0.2) is 6.33 Å². The third-order valence-corrected chi connectivity index (χ3v) is 3.70. The molecule has 6 nitrogen and oxygen atoms in total. The lowest BCUT2D eigenvalue weighted by Gasteiger charge is -2.25. The quantitative estimate of drug-likeness (QED) is 0.595. The second-order valence-corrected chi connectivity index (χ2v) is 5.22. The molecule has 1 aliphatic rings. The SMILES string of the molecule is CC1OCCC1C(Cc1ncnn1C(C)C)NN. The summed E-state index contributed by atoms with van der Waals surface area (Å²) < 4.78 is 7.56. The van der Waals surface area contributed by atoms with Gasteiger partial charge in [-0.15, -0.1) is 0 Å².